The minimum absolute atomic E-state index is 0.0235. The minimum Gasteiger partial charge on any atom is -0.342 e. The number of carbonyl (C=O) groups excluding carboxylic acids is 4. The number of Topliss-reactive ketones (excluding diaryl/α,β-unsaturated/α-hetero) is 1. The van der Waals surface area contributed by atoms with Crippen molar-refractivity contribution in [3.8, 4) is 0 Å². The third kappa shape index (κ3) is 7.47. The summed E-state index contributed by atoms with van der Waals surface area (Å²) in [6, 6.07) is 19.2. The molecule has 3 amide bonds. The number of nitrogens with zero attached hydrogens (tertiary/aromatic N) is 1. The van der Waals surface area contributed by atoms with Gasteiger partial charge in [0.25, 0.3) is 0 Å². The number of anilines is 1. The first-order valence-corrected chi connectivity index (χ1v) is 13.7. The number of ketones is 1. The van der Waals surface area contributed by atoms with Gasteiger partial charge in [0.1, 0.15) is 12.1 Å². The van der Waals surface area contributed by atoms with Crippen LogP contribution < -0.4 is 16.4 Å². The molecule has 0 unspecified atom stereocenters. The van der Waals surface area contributed by atoms with Crippen molar-refractivity contribution in [3.05, 3.63) is 99.5 Å². The van der Waals surface area contributed by atoms with Crippen LogP contribution in [0.1, 0.15) is 40.7 Å². The number of nitrogens with two attached hydrogens (primary N) is 1. The fourth-order valence-corrected chi connectivity index (χ4v) is 5.24. The fourth-order valence-electron chi connectivity index (χ4n) is 4.71. The lowest BCUT2D eigenvalue weighted by atomic mass is 9.92. The van der Waals surface area contributed by atoms with Gasteiger partial charge in [-0.1, -0.05) is 77.8 Å². The Balaban J connectivity index is 1.49. The highest BCUT2D eigenvalue weighted by atomic mass is 35.5. The highest BCUT2D eigenvalue weighted by Crippen LogP contribution is 2.26. The third-order valence-corrected chi connectivity index (χ3v) is 7.19. The standard InChI is InChI=1S/C30H30Cl2N4O4/c31-22-15-23(32)17-24(16-22)34-29(39)25(12-13-33)35-30(40)26-14-20-8-4-5-9-21(20)18-36(26)28(38)11-10-27(37)19-6-2-1-3-7-19/h1-9,15-17,25-26H,10-14,18,33H2,(H,34,39)(H,35,40)/t25-,26-/m0/s1. The molecular weight excluding hydrogens is 551 g/mol. The summed E-state index contributed by atoms with van der Waals surface area (Å²) in [5.74, 6) is -1.42. The summed E-state index contributed by atoms with van der Waals surface area (Å²) in [6.07, 6.45) is 0.438. The number of nitrogens with one attached hydrogen (secondary N) is 2. The van der Waals surface area contributed by atoms with Crippen molar-refractivity contribution in [2.45, 2.75) is 44.3 Å². The smallest absolute Gasteiger partial charge is 0.247 e. The number of benzene rings is 3. The third-order valence-electron chi connectivity index (χ3n) is 6.75. The van der Waals surface area contributed by atoms with Crippen LogP contribution in [0.3, 0.4) is 0 Å². The van der Waals surface area contributed by atoms with Gasteiger partial charge in [-0.05, 0) is 42.3 Å². The van der Waals surface area contributed by atoms with Gasteiger partial charge in [-0.2, -0.15) is 0 Å². The van der Waals surface area contributed by atoms with Crippen molar-refractivity contribution in [2.24, 2.45) is 5.73 Å². The molecule has 208 valence electrons. The van der Waals surface area contributed by atoms with Crippen molar-refractivity contribution in [3.63, 3.8) is 0 Å². The Labute approximate surface area is 242 Å². The topological polar surface area (TPSA) is 122 Å². The number of hydrogen-bond acceptors (Lipinski definition) is 5. The van der Waals surface area contributed by atoms with Gasteiger partial charge in [0.15, 0.2) is 5.78 Å². The number of rotatable bonds is 10. The predicted molar refractivity (Wildman–Crippen MR) is 155 cm³/mol. The Bertz CT molecular complexity index is 1380. The van der Waals surface area contributed by atoms with Gasteiger partial charge in [-0.25, -0.2) is 0 Å². The Morgan fingerprint density at radius 1 is 0.900 bits per heavy atom. The molecule has 0 saturated heterocycles. The zero-order chi connectivity index (χ0) is 28.6. The molecule has 0 saturated carbocycles. The number of amides is 3. The van der Waals surface area contributed by atoms with Gasteiger partial charge in [0.05, 0.1) is 0 Å². The zero-order valence-electron chi connectivity index (χ0n) is 21.7. The van der Waals surface area contributed by atoms with Gasteiger partial charge in [0, 0.05) is 47.1 Å². The van der Waals surface area contributed by atoms with E-state index < -0.39 is 23.9 Å². The van der Waals surface area contributed by atoms with Crippen LogP contribution in [0.2, 0.25) is 10.0 Å². The predicted octanol–water partition coefficient (Wildman–Crippen LogP) is 4.38. The Morgan fingerprint density at radius 2 is 1.55 bits per heavy atom. The molecule has 1 aliphatic rings. The van der Waals surface area contributed by atoms with Crippen molar-refractivity contribution >= 4 is 52.4 Å². The summed E-state index contributed by atoms with van der Waals surface area (Å²) < 4.78 is 0. The highest BCUT2D eigenvalue weighted by molar-refractivity contribution is 6.35. The van der Waals surface area contributed by atoms with E-state index >= 15 is 0 Å². The number of hydrogen-bond donors (Lipinski definition) is 3. The second-order valence-corrected chi connectivity index (χ2v) is 10.5. The second-order valence-electron chi connectivity index (χ2n) is 9.59. The lowest BCUT2D eigenvalue weighted by molar-refractivity contribution is -0.142. The molecule has 0 fully saturated rings. The van der Waals surface area contributed by atoms with E-state index in [1.165, 1.54) is 11.0 Å². The molecule has 8 nitrogen and oxygen atoms in total. The normalized spacial score (nSPS) is 15.1. The average molecular weight is 582 g/mol. The van der Waals surface area contributed by atoms with Crippen LogP contribution in [-0.2, 0) is 27.3 Å². The number of carbonyl (C=O) groups is 4. The van der Waals surface area contributed by atoms with E-state index in [-0.39, 0.29) is 50.5 Å². The van der Waals surface area contributed by atoms with Crippen LogP contribution in [0.4, 0.5) is 5.69 Å². The van der Waals surface area contributed by atoms with E-state index in [0.717, 1.165) is 11.1 Å². The summed E-state index contributed by atoms with van der Waals surface area (Å²) >= 11 is 12.1. The van der Waals surface area contributed by atoms with E-state index in [0.29, 0.717) is 21.3 Å². The van der Waals surface area contributed by atoms with Crippen LogP contribution in [0.25, 0.3) is 0 Å². The molecule has 2 atom stereocenters. The first-order valence-electron chi connectivity index (χ1n) is 13.0. The Hall–Kier alpha value is -3.72. The summed E-state index contributed by atoms with van der Waals surface area (Å²) in [5, 5.41) is 6.20. The van der Waals surface area contributed by atoms with Crippen LogP contribution in [0, 0.1) is 0 Å². The number of fused-ring (bicyclic) bond motifs is 1. The average Bonchev–Trinajstić information content (AvgIpc) is 2.94. The molecule has 0 aliphatic carbocycles. The van der Waals surface area contributed by atoms with E-state index in [9.17, 15) is 19.2 Å². The van der Waals surface area contributed by atoms with Crippen molar-refractivity contribution < 1.29 is 19.2 Å². The van der Waals surface area contributed by atoms with Crippen LogP contribution in [0.15, 0.2) is 72.8 Å². The molecule has 10 heteroatoms. The second kappa shape index (κ2) is 13.6. The van der Waals surface area contributed by atoms with Gasteiger partial charge in [0.2, 0.25) is 17.7 Å². The molecule has 1 aliphatic heterocycles. The van der Waals surface area contributed by atoms with E-state index in [1.54, 1.807) is 36.4 Å². The van der Waals surface area contributed by atoms with Crippen molar-refractivity contribution in [1.82, 2.24) is 10.2 Å². The zero-order valence-corrected chi connectivity index (χ0v) is 23.3. The summed E-state index contributed by atoms with van der Waals surface area (Å²) in [7, 11) is 0. The maximum Gasteiger partial charge on any atom is 0.247 e. The number of halogens is 2. The van der Waals surface area contributed by atoms with Gasteiger partial charge in [-0.15, -0.1) is 0 Å². The molecule has 0 spiro atoms. The lowest BCUT2D eigenvalue weighted by Gasteiger charge is -2.36. The Morgan fingerprint density at radius 3 is 2.23 bits per heavy atom. The van der Waals surface area contributed by atoms with Gasteiger partial charge < -0.3 is 21.3 Å². The van der Waals surface area contributed by atoms with Crippen LogP contribution in [0.5, 0.6) is 0 Å². The lowest BCUT2D eigenvalue weighted by Crippen LogP contribution is -2.56. The molecule has 3 aromatic carbocycles. The molecule has 1 heterocycles. The van der Waals surface area contributed by atoms with Gasteiger partial charge in [-0.3, -0.25) is 19.2 Å². The SMILES string of the molecule is NCC[C@H](NC(=O)[C@@H]1Cc2ccccc2CN1C(=O)CCC(=O)c1ccccc1)C(=O)Nc1cc(Cl)cc(Cl)c1. The molecule has 40 heavy (non-hydrogen) atoms. The minimum atomic E-state index is -0.955. The fraction of sp³-hybridized carbons (Fsp3) is 0.267. The quantitative estimate of drug-likeness (QED) is 0.307. The maximum atomic E-state index is 13.6. The Kier molecular flexibility index (Phi) is 9.93. The summed E-state index contributed by atoms with van der Waals surface area (Å²) in [4.78, 5) is 54.2. The van der Waals surface area contributed by atoms with Crippen LogP contribution in [-0.4, -0.2) is 47.0 Å². The maximum absolute atomic E-state index is 13.6. The molecule has 4 rings (SSSR count). The summed E-state index contributed by atoms with van der Waals surface area (Å²) in [6.45, 7) is 0.369. The van der Waals surface area contributed by atoms with Crippen molar-refractivity contribution in [2.75, 3.05) is 11.9 Å². The highest BCUT2D eigenvalue weighted by Gasteiger charge is 2.36. The molecule has 0 aromatic heterocycles. The van der Waals surface area contributed by atoms with Crippen LogP contribution >= 0.6 is 23.2 Å². The van der Waals surface area contributed by atoms with E-state index in [4.69, 9.17) is 28.9 Å². The molecule has 3 aromatic rings. The largest absolute Gasteiger partial charge is 0.342 e. The first-order chi connectivity index (χ1) is 19.2. The monoisotopic (exact) mass is 580 g/mol. The first kappa shape index (κ1) is 29.3. The van der Waals surface area contributed by atoms with E-state index in [1.807, 2.05) is 30.3 Å². The molecule has 0 radical (unpaired) electrons. The molecule has 0 bridgehead atoms. The van der Waals surface area contributed by atoms with E-state index in [2.05, 4.69) is 10.6 Å². The van der Waals surface area contributed by atoms with Gasteiger partial charge >= 0.3 is 0 Å². The summed E-state index contributed by atoms with van der Waals surface area (Å²) in [5.41, 5.74) is 8.54. The van der Waals surface area contributed by atoms with Crippen molar-refractivity contribution in [1.29, 1.82) is 0 Å². The molecule has 4 N–H and O–H groups in total. The molecular formula is C30H30Cl2N4O4.